The van der Waals surface area contributed by atoms with Crippen LogP contribution in [0.5, 0.6) is 0 Å². The van der Waals surface area contributed by atoms with Crippen LogP contribution in [0.4, 0.5) is 0 Å². The number of ether oxygens (including phenoxy) is 3. The number of aryl methyl sites for hydroxylation is 2. The number of epoxide rings is 1. The number of hydrogen-bond donors (Lipinski definition) is 4. The normalized spacial score (nSPS) is 21.3. The van der Waals surface area contributed by atoms with Crippen molar-refractivity contribution in [1.82, 2.24) is 25.9 Å². The SMILES string of the molecule is Cc1ccc(C[C@H]2NC(=O)/C=C/C[C@@H]([C@H](C)[C@H]3O[C@@H]3c3ccc(CCC(=O)[C@H](C)CC(=O)[C@@H](NC(=O)CCN(CCC(=O)ON4C(=O)CCC4=O)C(=O)CCC(=O)CCCS(=O)(=O)O)C(C)C)cc3)OC(=O)[C@H](CC(C)C)OC(=O)C(C)(C)CNC2=O)cc1Cl. The highest BCUT2D eigenvalue weighted by Gasteiger charge is 2.48. The quantitative estimate of drug-likeness (QED) is 0.0306. The van der Waals surface area contributed by atoms with E-state index in [1.54, 1.807) is 46.8 Å². The van der Waals surface area contributed by atoms with Gasteiger partial charge >= 0.3 is 17.9 Å². The van der Waals surface area contributed by atoms with Gasteiger partial charge in [0.2, 0.25) is 23.6 Å². The van der Waals surface area contributed by atoms with Crippen LogP contribution in [-0.4, -0.2) is 149 Å². The van der Waals surface area contributed by atoms with E-state index in [-0.39, 0.29) is 108 Å². The first-order valence-corrected chi connectivity index (χ1v) is 32.5. The van der Waals surface area contributed by atoms with E-state index in [4.69, 9.17) is 35.2 Å². The molecule has 0 radical (unpaired) electrons. The Bertz CT molecular complexity index is 3110. The van der Waals surface area contributed by atoms with Crippen LogP contribution in [-0.2, 0) is 99.5 Å². The molecule has 2 fully saturated rings. The third-order valence-corrected chi connectivity index (χ3v) is 17.1. The highest BCUT2D eigenvalue weighted by atomic mass is 35.5. The second-order valence-electron chi connectivity index (χ2n) is 24.9. The van der Waals surface area contributed by atoms with Gasteiger partial charge in [-0.25, -0.2) is 9.59 Å². The Morgan fingerprint density at radius 3 is 2.13 bits per heavy atom. The van der Waals surface area contributed by atoms with Crippen LogP contribution in [0.25, 0.3) is 0 Å². The number of nitrogens with zero attached hydrogens (tertiary/aromatic N) is 2. The molecular weight excluding hydrogens is 1210 g/mol. The maximum atomic E-state index is 14.0. The van der Waals surface area contributed by atoms with Gasteiger partial charge in [-0.05, 0) is 86.3 Å². The van der Waals surface area contributed by atoms with Crippen LogP contribution in [0.2, 0.25) is 5.02 Å². The molecule has 3 aliphatic rings. The molecule has 0 unspecified atom stereocenters. The van der Waals surface area contributed by atoms with Gasteiger partial charge in [0.05, 0.1) is 29.7 Å². The molecule has 2 saturated heterocycles. The summed E-state index contributed by atoms with van der Waals surface area (Å²) in [6.07, 6.45) is -1.74. The maximum absolute atomic E-state index is 14.0. The summed E-state index contributed by atoms with van der Waals surface area (Å²) in [5.41, 5.74) is 1.91. The summed E-state index contributed by atoms with van der Waals surface area (Å²) in [5.74, 6) is -9.68. The largest absolute Gasteiger partial charge is 0.459 e. The molecule has 0 saturated carbocycles. The van der Waals surface area contributed by atoms with Crippen LogP contribution >= 0.6 is 11.6 Å². The zero-order valence-corrected chi connectivity index (χ0v) is 54.2. The predicted octanol–water partition coefficient (Wildman–Crippen LogP) is 5.90. The third kappa shape index (κ3) is 23.5. The lowest BCUT2D eigenvalue weighted by molar-refractivity contribution is -0.197. The average molecular weight is 1300 g/mol. The van der Waals surface area contributed by atoms with Gasteiger partial charge in [-0.15, -0.1) is 5.06 Å². The topological polar surface area (TPSA) is 342 Å². The number of hydrogen-bond acceptors (Lipinski definition) is 18. The van der Waals surface area contributed by atoms with Gasteiger partial charge in [0, 0.05) is 101 Å². The van der Waals surface area contributed by atoms with Crippen LogP contribution in [0.1, 0.15) is 161 Å². The minimum atomic E-state index is -4.30. The Balaban J connectivity index is 1.17. The van der Waals surface area contributed by atoms with Crippen molar-refractivity contribution in [3.8, 4) is 0 Å². The minimum absolute atomic E-state index is 0.0695. The Labute approximate surface area is 530 Å². The van der Waals surface area contributed by atoms with Crippen LogP contribution in [0.3, 0.4) is 0 Å². The monoisotopic (exact) mass is 1300 g/mol. The van der Waals surface area contributed by atoms with Crippen molar-refractivity contribution in [2.75, 3.05) is 25.4 Å². The van der Waals surface area contributed by atoms with Crippen LogP contribution in [0, 0.1) is 36.0 Å². The summed E-state index contributed by atoms with van der Waals surface area (Å²) in [5, 5.41) is 9.10. The summed E-state index contributed by atoms with van der Waals surface area (Å²) in [6, 6.07) is 10.8. The number of Topliss-reactive ketones (excluding diaryl/α,β-unsaturated/α-hetero) is 3. The number of imide groups is 1. The van der Waals surface area contributed by atoms with E-state index in [0.717, 1.165) is 21.6 Å². The molecular formula is C64H86ClN5O19S. The summed E-state index contributed by atoms with van der Waals surface area (Å²) in [6.45, 7) is 14.9. The van der Waals surface area contributed by atoms with E-state index >= 15 is 0 Å². The van der Waals surface area contributed by atoms with Crippen molar-refractivity contribution in [3.63, 3.8) is 0 Å². The third-order valence-electron chi connectivity index (χ3n) is 15.9. The van der Waals surface area contributed by atoms with E-state index in [2.05, 4.69) is 16.0 Å². The molecule has 24 nitrogen and oxygen atoms in total. The molecule has 5 rings (SSSR count). The lowest BCUT2D eigenvalue weighted by Gasteiger charge is -2.29. The van der Waals surface area contributed by atoms with Crippen molar-refractivity contribution < 1.29 is 89.6 Å². The fourth-order valence-corrected chi connectivity index (χ4v) is 10.9. The van der Waals surface area contributed by atoms with Gasteiger partial charge in [-0.2, -0.15) is 8.42 Å². The van der Waals surface area contributed by atoms with Gasteiger partial charge in [-0.3, -0.25) is 52.5 Å². The Morgan fingerprint density at radius 1 is 0.844 bits per heavy atom. The standard InChI is InChI=1S/C64H86ClN5O19S/c1-37(2)32-51-62(81)86-50(13-10-14-52(74)67-47(35-43-16-15-39(5)46(65)34-43)61(80)66-36-64(8,9)63(82)87-51)41(7)59-60(88-59)44-20-17-42(18-21-44)19-23-48(72)40(6)33-49(73)58(38(3)4)68-53(75)27-29-69(30-28-57(79)89-70-55(77)25-26-56(70)78)54(76)24-22-45(71)12-11-31-90(83,84)85/h10,14-18,20-21,34,37-38,40-41,47,50-51,58-60H,11-13,19,22-33,35-36H2,1-9H3,(H,66,80)(H,67,74)(H,68,75)(H,83,84,85)/b14-10+/t40-,41+,47-,50+,51+,58+,59-,60-/m1/s1. The molecule has 0 spiro atoms. The number of carbonyl (C=O) groups is 12. The Morgan fingerprint density at radius 2 is 1.50 bits per heavy atom. The summed E-state index contributed by atoms with van der Waals surface area (Å²) >= 11 is 6.39. The van der Waals surface area contributed by atoms with Gasteiger partial charge < -0.3 is 39.9 Å². The molecule has 2 aromatic rings. The first kappa shape index (κ1) is 73.5. The minimum Gasteiger partial charge on any atom is -0.459 e. The molecule has 26 heteroatoms. The number of amides is 6. The molecule has 3 aliphatic heterocycles. The summed E-state index contributed by atoms with van der Waals surface area (Å²) < 4.78 is 49.3. The van der Waals surface area contributed by atoms with E-state index in [1.165, 1.54) is 6.08 Å². The molecule has 6 amide bonds. The number of nitrogens with one attached hydrogen (secondary N) is 3. The lowest BCUT2D eigenvalue weighted by Crippen LogP contribution is -2.51. The van der Waals surface area contributed by atoms with E-state index < -0.39 is 147 Å². The van der Waals surface area contributed by atoms with Crippen LogP contribution < -0.4 is 16.0 Å². The fourth-order valence-electron chi connectivity index (χ4n) is 10.2. The zero-order chi connectivity index (χ0) is 66.8. The molecule has 2 aromatic carbocycles. The first-order valence-electron chi connectivity index (χ1n) is 30.5. The number of benzene rings is 2. The predicted molar refractivity (Wildman–Crippen MR) is 327 cm³/mol. The molecule has 494 valence electrons. The zero-order valence-electron chi connectivity index (χ0n) is 52.7. The number of halogens is 1. The first-order chi connectivity index (χ1) is 42.2. The van der Waals surface area contributed by atoms with E-state index in [9.17, 15) is 66.0 Å². The number of carbonyl (C=O) groups excluding carboxylic acids is 12. The van der Waals surface area contributed by atoms with Crippen molar-refractivity contribution in [3.05, 3.63) is 81.9 Å². The number of cyclic esters (lactones) is 2. The summed E-state index contributed by atoms with van der Waals surface area (Å²) in [4.78, 5) is 164. The van der Waals surface area contributed by atoms with E-state index in [1.807, 2.05) is 64.1 Å². The molecule has 3 heterocycles. The second-order valence-corrected chi connectivity index (χ2v) is 26.9. The molecule has 90 heavy (non-hydrogen) atoms. The number of ketones is 3. The second kappa shape index (κ2) is 33.7. The molecule has 0 bridgehead atoms. The highest BCUT2D eigenvalue weighted by Crippen LogP contribution is 2.45. The maximum Gasteiger partial charge on any atom is 0.347 e. The highest BCUT2D eigenvalue weighted by molar-refractivity contribution is 7.85. The Hall–Kier alpha value is -7.22. The smallest absolute Gasteiger partial charge is 0.347 e. The van der Waals surface area contributed by atoms with Gasteiger partial charge in [0.1, 0.15) is 29.8 Å². The average Bonchev–Trinajstić information content (AvgIpc) is 1.71. The van der Waals surface area contributed by atoms with Crippen molar-refractivity contribution in [2.24, 2.45) is 29.1 Å². The van der Waals surface area contributed by atoms with Crippen molar-refractivity contribution in [1.29, 1.82) is 0 Å². The summed E-state index contributed by atoms with van der Waals surface area (Å²) in [7, 11) is -4.30. The molecule has 8 atom stereocenters. The van der Waals surface area contributed by atoms with Crippen molar-refractivity contribution >= 4 is 92.4 Å². The molecule has 0 aliphatic carbocycles. The van der Waals surface area contributed by atoms with Crippen molar-refractivity contribution in [2.45, 2.75) is 189 Å². The van der Waals surface area contributed by atoms with Crippen LogP contribution in [0.15, 0.2) is 54.6 Å². The lowest BCUT2D eigenvalue weighted by atomic mass is 9.89. The number of rotatable bonds is 30. The Kier molecular flexibility index (Phi) is 27.6. The number of esters is 2. The molecule has 0 aromatic heterocycles. The van der Waals surface area contributed by atoms with E-state index in [0.29, 0.717) is 22.1 Å². The fraction of sp³-hybridized carbons (Fsp3) is 0.594. The van der Waals surface area contributed by atoms with Gasteiger partial charge in [-0.1, -0.05) is 95.6 Å². The van der Waals surface area contributed by atoms with Gasteiger partial charge in [0.25, 0.3) is 21.9 Å². The molecule has 4 N–H and O–H groups in total. The van der Waals surface area contributed by atoms with Gasteiger partial charge in [0.15, 0.2) is 11.9 Å². The number of hydroxylamine groups is 2.